The molecule has 0 N–H and O–H groups in total. The van der Waals surface area contributed by atoms with Gasteiger partial charge in [-0.25, -0.2) is 4.98 Å². The minimum absolute atomic E-state index is 0.666. The summed E-state index contributed by atoms with van der Waals surface area (Å²) in [7, 11) is 1.67. The van der Waals surface area contributed by atoms with E-state index in [0.717, 1.165) is 40.4 Å². The van der Waals surface area contributed by atoms with Gasteiger partial charge in [-0.05, 0) is 62.1 Å². The lowest BCUT2D eigenvalue weighted by molar-refractivity contribution is 0.415. The molecule has 0 atom stereocenters. The van der Waals surface area contributed by atoms with Gasteiger partial charge in [0, 0.05) is 16.8 Å². The molecule has 0 saturated carbocycles. The van der Waals surface area contributed by atoms with Crippen molar-refractivity contribution in [2.45, 2.75) is 32.2 Å². The number of methoxy groups -OCH3 is 1. The van der Waals surface area contributed by atoms with Crippen LogP contribution in [0.4, 0.5) is 0 Å². The van der Waals surface area contributed by atoms with Crippen LogP contribution in [-0.4, -0.2) is 16.7 Å². The summed E-state index contributed by atoms with van der Waals surface area (Å²) < 4.78 is 13.9. The second kappa shape index (κ2) is 6.84. The summed E-state index contributed by atoms with van der Waals surface area (Å²) >= 11 is 5.61. The number of fused-ring (bicyclic) bond motifs is 1. The molecule has 1 aromatic carbocycles. The highest BCUT2D eigenvalue weighted by Gasteiger charge is 2.20. The minimum atomic E-state index is 0.666. The smallest absolute Gasteiger partial charge is 0.142 e. The Balaban J connectivity index is 1.89. The Morgan fingerprint density at radius 2 is 1.96 bits per heavy atom. The van der Waals surface area contributed by atoms with Gasteiger partial charge in [0.25, 0.3) is 0 Å². The van der Waals surface area contributed by atoms with E-state index in [1.54, 1.807) is 13.4 Å². The van der Waals surface area contributed by atoms with Crippen LogP contribution in [-0.2, 0) is 19.4 Å². The molecule has 2 aromatic heterocycles. The lowest BCUT2D eigenvalue weighted by atomic mass is 9.96. The van der Waals surface area contributed by atoms with E-state index < -0.39 is 0 Å². The maximum Gasteiger partial charge on any atom is 0.142 e. The summed E-state index contributed by atoms with van der Waals surface area (Å²) in [6.45, 7) is 0.666. The van der Waals surface area contributed by atoms with Gasteiger partial charge in [0.05, 0.1) is 19.9 Å². The SMILES string of the molecule is COc1ccc(-c2nc(=S)c3c(n2Cc2ccco2)CCCC3)cc1. The molecule has 3 aromatic rings. The van der Waals surface area contributed by atoms with Crippen LogP contribution >= 0.6 is 12.2 Å². The molecule has 4 nitrogen and oxygen atoms in total. The number of furan rings is 1. The van der Waals surface area contributed by atoms with Gasteiger partial charge in [0.15, 0.2) is 0 Å². The summed E-state index contributed by atoms with van der Waals surface area (Å²) in [4.78, 5) is 4.79. The average molecular weight is 352 g/mol. The first-order valence-corrected chi connectivity index (χ1v) is 8.96. The Hall–Kier alpha value is -2.40. The van der Waals surface area contributed by atoms with Crippen LogP contribution in [0.3, 0.4) is 0 Å². The predicted molar refractivity (Wildman–Crippen MR) is 99.5 cm³/mol. The van der Waals surface area contributed by atoms with E-state index in [-0.39, 0.29) is 0 Å². The highest BCUT2D eigenvalue weighted by Crippen LogP contribution is 2.29. The Bertz CT molecular complexity index is 928. The first-order chi connectivity index (χ1) is 12.3. The van der Waals surface area contributed by atoms with Crippen molar-refractivity contribution in [1.29, 1.82) is 0 Å². The fraction of sp³-hybridized carbons (Fsp3) is 0.300. The van der Waals surface area contributed by atoms with Gasteiger partial charge >= 0.3 is 0 Å². The van der Waals surface area contributed by atoms with Gasteiger partial charge in [0.2, 0.25) is 0 Å². The van der Waals surface area contributed by atoms with Crippen molar-refractivity contribution in [1.82, 2.24) is 9.55 Å². The summed E-state index contributed by atoms with van der Waals surface area (Å²) in [5.41, 5.74) is 3.56. The Labute approximate surface area is 152 Å². The quantitative estimate of drug-likeness (QED) is 0.632. The van der Waals surface area contributed by atoms with E-state index >= 15 is 0 Å². The largest absolute Gasteiger partial charge is 0.497 e. The van der Waals surface area contributed by atoms with E-state index in [0.29, 0.717) is 6.54 Å². The number of nitrogens with zero attached hydrogens (tertiary/aromatic N) is 2. The first-order valence-electron chi connectivity index (χ1n) is 8.55. The molecule has 0 aliphatic heterocycles. The summed E-state index contributed by atoms with van der Waals surface area (Å²) in [5, 5.41) is 0. The standard InChI is InChI=1S/C20H20N2O2S/c1-23-15-10-8-14(9-11-15)19-21-20(25)17-6-2-3-7-18(17)22(19)13-16-5-4-12-24-16/h4-5,8-12H,2-3,6-7,13H2,1H3. The third kappa shape index (κ3) is 3.12. The molecule has 0 amide bonds. The number of hydrogen-bond donors (Lipinski definition) is 0. The molecule has 1 aliphatic rings. The molecule has 128 valence electrons. The number of hydrogen-bond acceptors (Lipinski definition) is 4. The van der Waals surface area contributed by atoms with Gasteiger partial charge in [-0.2, -0.15) is 0 Å². The fourth-order valence-corrected chi connectivity index (χ4v) is 3.77. The molecule has 0 radical (unpaired) electrons. The molecule has 0 spiro atoms. The molecule has 1 aliphatic carbocycles. The zero-order valence-corrected chi connectivity index (χ0v) is 15.0. The number of ether oxygens (including phenoxy) is 1. The van der Waals surface area contributed by atoms with Crippen molar-refractivity contribution in [2.24, 2.45) is 0 Å². The predicted octanol–water partition coefficient (Wildman–Crippen LogP) is 4.81. The molecule has 0 fully saturated rings. The summed E-state index contributed by atoms with van der Waals surface area (Å²) in [6.07, 6.45) is 6.13. The topological polar surface area (TPSA) is 40.2 Å². The second-order valence-corrected chi connectivity index (χ2v) is 6.65. The zero-order valence-electron chi connectivity index (χ0n) is 14.2. The molecule has 5 heteroatoms. The van der Waals surface area contributed by atoms with Crippen molar-refractivity contribution in [3.8, 4) is 17.1 Å². The van der Waals surface area contributed by atoms with Crippen molar-refractivity contribution in [3.63, 3.8) is 0 Å². The highest BCUT2D eigenvalue weighted by molar-refractivity contribution is 7.71. The van der Waals surface area contributed by atoms with Crippen LogP contribution < -0.4 is 4.74 Å². The lowest BCUT2D eigenvalue weighted by Crippen LogP contribution is -2.18. The normalized spacial score (nSPS) is 13.5. The van der Waals surface area contributed by atoms with Gasteiger partial charge in [-0.1, -0.05) is 12.2 Å². The molecule has 0 unspecified atom stereocenters. The van der Waals surface area contributed by atoms with Crippen LogP contribution in [0.5, 0.6) is 5.75 Å². The van der Waals surface area contributed by atoms with E-state index in [4.69, 9.17) is 26.4 Å². The van der Waals surface area contributed by atoms with Crippen LogP contribution in [0.15, 0.2) is 47.1 Å². The third-order valence-electron chi connectivity index (χ3n) is 4.73. The van der Waals surface area contributed by atoms with Crippen molar-refractivity contribution in [2.75, 3.05) is 7.11 Å². The second-order valence-electron chi connectivity index (χ2n) is 6.27. The van der Waals surface area contributed by atoms with Crippen molar-refractivity contribution in [3.05, 3.63) is 64.3 Å². The molecular formula is C20H20N2O2S. The Morgan fingerprint density at radius 1 is 1.16 bits per heavy atom. The maximum absolute atomic E-state index is 5.61. The fourth-order valence-electron chi connectivity index (χ4n) is 3.46. The number of aromatic nitrogens is 2. The van der Waals surface area contributed by atoms with Crippen LogP contribution in [0, 0.1) is 4.64 Å². The molecule has 2 heterocycles. The molecule has 4 rings (SSSR count). The lowest BCUT2D eigenvalue weighted by Gasteiger charge is -2.24. The van der Waals surface area contributed by atoms with Crippen LogP contribution in [0.25, 0.3) is 11.4 Å². The highest BCUT2D eigenvalue weighted by atomic mass is 32.1. The van der Waals surface area contributed by atoms with Gasteiger partial charge in [-0.15, -0.1) is 0 Å². The zero-order chi connectivity index (χ0) is 17.2. The number of rotatable bonds is 4. The average Bonchev–Trinajstić information content (AvgIpc) is 3.17. The summed E-state index contributed by atoms with van der Waals surface area (Å²) in [6, 6.07) is 11.9. The first kappa shape index (κ1) is 16.1. The van der Waals surface area contributed by atoms with E-state index in [2.05, 4.69) is 4.57 Å². The monoisotopic (exact) mass is 352 g/mol. The van der Waals surface area contributed by atoms with E-state index in [1.807, 2.05) is 36.4 Å². The van der Waals surface area contributed by atoms with Crippen molar-refractivity contribution < 1.29 is 9.15 Å². The molecule has 0 saturated heterocycles. The Kier molecular flexibility index (Phi) is 4.40. The maximum atomic E-state index is 5.61. The van der Waals surface area contributed by atoms with Gasteiger partial charge in [-0.3, -0.25) is 0 Å². The van der Waals surface area contributed by atoms with Crippen LogP contribution in [0.2, 0.25) is 0 Å². The molecule has 0 bridgehead atoms. The number of benzene rings is 1. The van der Waals surface area contributed by atoms with Crippen LogP contribution in [0.1, 0.15) is 29.9 Å². The Morgan fingerprint density at radius 3 is 2.68 bits per heavy atom. The van der Waals surface area contributed by atoms with E-state index in [1.165, 1.54) is 24.1 Å². The van der Waals surface area contributed by atoms with Gasteiger partial charge in [0.1, 0.15) is 22.0 Å². The molecule has 25 heavy (non-hydrogen) atoms. The minimum Gasteiger partial charge on any atom is -0.497 e. The van der Waals surface area contributed by atoms with Gasteiger partial charge < -0.3 is 13.7 Å². The van der Waals surface area contributed by atoms with Crippen molar-refractivity contribution >= 4 is 12.2 Å². The third-order valence-corrected chi connectivity index (χ3v) is 5.07. The molecular weight excluding hydrogens is 332 g/mol. The summed E-state index contributed by atoms with van der Waals surface area (Å²) in [5.74, 6) is 2.65. The van der Waals surface area contributed by atoms with E-state index in [9.17, 15) is 0 Å².